The van der Waals surface area contributed by atoms with Crippen LogP contribution < -0.4 is 5.32 Å². The van der Waals surface area contributed by atoms with E-state index in [4.69, 9.17) is 0 Å². The molecular formula is C17H27N5O. The number of rotatable bonds is 7. The molecule has 2 rings (SSSR count). The highest BCUT2D eigenvalue weighted by atomic mass is 16.2. The molecule has 6 nitrogen and oxygen atoms in total. The van der Waals surface area contributed by atoms with Crippen molar-refractivity contribution in [3.63, 3.8) is 0 Å². The third-order valence-corrected chi connectivity index (χ3v) is 3.63. The Morgan fingerprint density at radius 2 is 2.00 bits per heavy atom. The van der Waals surface area contributed by atoms with Gasteiger partial charge in [-0.2, -0.15) is 10.2 Å². The van der Waals surface area contributed by atoms with E-state index in [1.165, 1.54) is 0 Å². The lowest BCUT2D eigenvalue weighted by Crippen LogP contribution is -2.35. The molecule has 2 heterocycles. The van der Waals surface area contributed by atoms with E-state index >= 15 is 0 Å². The number of nitrogens with one attached hydrogen (secondary N) is 2. The molecule has 6 heteroatoms. The maximum Gasteiger partial charge on any atom is 0.269 e. The van der Waals surface area contributed by atoms with Gasteiger partial charge in [-0.25, -0.2) is 0 Å². The summed E-state index contributed by atoms with van der Waals surface area (Å²) in [4.78, 5) is 12.5. The number of aryl methyl sites for hydroxylation is 2. The summed E-state index contributed by atoms with van der Waals surface area (Å²) in [5.74, 6) is 0.446. The molecule has 2 aromatic rings. The van der Waals surface area contributed by atoms with E-state index in [-0.39, 0.29) is 11.9 Å². The molecule has 2 aromatic heterocycles. The predicted molar refractivity (Wildman–Crippen MR) is 90.4 cm³/mol. The van der Waals surface area contributed by atoms with Gasteiger partial charge in [0.05, 0.1) is 11.4 Å². The fourth-order valence-electron chi connectivity index (χ4n) is 2.65. The van der Waals surface area contributed by atoms with Crippen molar-refractivity contribution in [1.82, 2.24) is 25.3 Å². The van der Waals surface area contributed by atoms with Crippen molar-refractivity contribution >= 4 is 5.91 Å². The molecule has 0 saturated carbocycles. The van der Waals surface area contributed by atoms with Crippen LogP contribution in [0.4, 0.5) is 0 Å². The Labute approximate surface area is 137 Å². The molecule has 0 aromatic carbocycles. The topological polar surface area (TPSA) is 75.6 Å². The Bertz CT molecular complexity index is 656. The first kappa shape index (κ1) is 17.2. The summed E-state index contributed by atoms with van der Waals surface area (Å²) in [6.07, 6.45) is 1.59. The van der Waals surface area contributed by atoms with Crippen molar-refractivity contribution in [2.75, 3.05) is 0 Å². The summed E-state index contributed by atoms with van der Waals surface area (Å²) in [6.45, 7) is 10.9. The van der Waals surface area contributed by atoms with E-state index < -0.39 is 0 Å². The first-order valence-corrected chi connectivity index (χ1v) is 8.27. The average molecular weight is 317 g/mol. The van der Waals surface area contributed by atoms with Gasteiger partial charge in [0.25, 0.3) is 5.91 Å². The average Bonchev–Trinajstić information content (AvgIpc) is 3.04. The maximum atomic E-state index is 12.5. The lowest BCUT2D eigenvalue weighted by Gasteiger charge is -2.13. The quantitative estimate of drug-likeness (QED) is 0.824. The van der Waals surface area contributed by atoms with E-state index in [2.05, 4.69) is 34.5 Å². The van der Waals surface area contributed by atoms with Crippen LogP contribution in [0.15, 0.2) is 12.1 Å². The number of nitrogens with zero attached hydrogens (tertiary/aromatic N) is 3. The van der Waals surface area contributed by atoms with Crippen molar-refractivity contribution in [3.05, 3.63) is 34.9 Å². The van der Waals surface area contributed by atoms with Gasteiger partial charge in [0.15, 0.2) is 0 Å². The number of aromatic amines is 1. The fraction of sp³-hybridized carbons (Fsp3) is 0.588. The fourth-order valence-corrected chi connectivity index (χ4v) is 2.65. The van der Waals surface area contributed by atoms with E-state index in [1.54, 1.807) is 4.68 Å². The number of amides is 1. The Kier molecular flexibility index (Phi) is 5.58. The Balaban J connectivity index is 2.02. The molecule has 1 atom stereocenters. The van der Waals surface area contributed by atoms with Crippen LogP contribution in [-0.4, -0.2) is 31.9 Å². The Hall–Kier alpha value is -2.11. The highest BCUT2D eigenvalue weighted by Gasteiger charge is 2.17. The summed E-state index contributed by atoms with van der Waals surface area (Å²) >= 11 is 0. The second kappa shape index (κ2) is 7.44. The molecule has 0 radical (unpaired) electrons. The summed E-state index contributed by atoms with van der Waals surface area (Å²) in [7, 11) is 0. The molecule has 23 heavy (non-hydrogen) atoms. The van der Waals surface area contributed by atoms with Gasteiger partial charge in [-0.15, -0.1) is 0 Å². The summed E-state index contributed by atoms with van der Waals surface area (Å²) in [6, 6.07) is 3.92. The van der Waals surface area contributed by atoms with Crippen LogP contribution >= 0.6 is 0 Å². The molecule has 0 aliphatic heterocycles. The van der Waals surface area contributed by atoms with E-state index in [9.17, 15) is 4.79 Å². The van der Waals surface area contributed by atoms with Crippen LogP contribution in [0.1, 0.15) is 55.3 Å². The van der Waals surface area contributed by atoms with Crippen molar-refractivity contribution in [2.24, 2.45) is 5.92 Å². The lowest BCUT2D eigenvalue weighted by molar-refractivity contribution is 0.0929. The molecule has 0 bridgehead atoms. The molecule has 1 unspecified atom stereocenters. The van der Waals surface area contributed by atoms with Crippen LogP contribution in [0.2, 0.25) is 0 Å². The van der Waals surface area contributed by atoms with E-state index in [0.29, 0.717) is 24.6 Å². The number of carbonyl (C=O) groups excluding carboxylic acids is 1. The smallest absolute Gasteiger partial charge is 0.269 e. The maximum absolute atomic E-state index is 12.5. The molecule has 0 saturated heterocycles. The summed E-state index contributed by atoms with van der Waals surface area (Å²) in [5.41, 5.74) is 3.59. The minimum atomic E-state index is -0.0749. The van der Waals surface area contributed by atoms with Crippen LogP contribution in [-0.2, 0) is 19.4 Å². The molecule has 0 spiro atoms. The first-order chi connectivity index (χ1) is 10.9. The SMILES string of the molecule is CCn1nc(CC(C)C)cc1C(=O)NC(C)Cc1cc(C)[nH]n1. The zero-order valence-corrected chi connectivity index (χ0v) is 14.7. The second-order valence-electron chi connectivity index (χ2n) is 6.56. The van der Waals surface area contributed by atoms with Crippen LogP contribution in [0.5, 0.6) is 0 Å². The van der Waals surface area contributed by atoms with E-state index in [1.807, 2.05) is 32.9 Å². The van der Waals surface area contributed by atoms with Gasteiger partial charge in [-0.05, 0) is 45.2 Å². The van der Waals surface area contributed by atoms with Gasteiger partial charge in [0.1, 0.15) is 5.69 Å². The number of carbonyl (C=O) groups is 1. The van der Waals surface area contributed by atoms with Crippen molar-refractivity contribution in [1.29, 1.82) is 0 Å². The third kappa shape index (κ3) is 4.68. The van der Waals surface area contributed by atoms with Gasteiger partial charge < -0.3 is 5.32 Å². The van der Waals surface area contributed by atoms with Crippen molar-refractivity contribution in [2.45, 2.75) is 60.0 Å². The first-order valence-electron chi connectivity index (χ1n) is 8.27. The normalized spacial score (nSPS) is 12.6. The second-order valence-corrected chi connectivity index (χ2v) is 6.56. The number of aromatic nitrogens is 4. The van der Waals surface area contributed by atoms with Crippen molar-refractivity contribution in [3.8, 4) is 0 Å². The van der Waals surface area contributed by atoms with Crippen LogP contribution in [0.3, 0.4) is 0 Å². The van der Waals surface area contributed by atoms with Gasteiger partial charge in [0, 0.05) is 24.7 Å². The molecular weight excluding hydrogens is 290 g/mol. The molecule has 1 amide bonds. The van der Waals surface area contributed by atoms with Gasteiger partial charge in [0.2, 0.25) is 0 Å². The highest BCUT2D eigenvalue weighted by Crippen LogP contribution is 2.11. The zero-order valence-electron chi connectivity index (χ0n) is 14.7. The Morgan fingerprint density at radius 1 is 1.26 bits per heavy atom. The third-order valence-electron chi connectivity index (χ3n) is 3.63. The van der Waals surface area contributed by atoms with Crippen LogP contribution in [0.25, 0.3) is 0 Å². The Morgan fingerprint density at radius 3 is 2.57 bits per heavy atom. The largest absolute Gasteiger partial charge is 0.348 e. The minimum Gasteiger partial charge on any atom is -0.348 e. The van der Waals surface area contributed by atoms with E-state index in [0.717, 1.165) is 23.5 Å². The van der Waals surface area contributed by atoms with Crippen LogP contribution in [0, 0.1) is 12.8 Å². The van der Waals surface area contributed by atoms with Gasteiger partial charge in [-0.1, -0.05) is 13.8 Å². The lowest BCUT2D eigenvalue weighted by atomic mass is 10.1. The number of H-pyrrole nitrogens is 1. The highest BCUT2D eigenvalue weighted by molar-refractivity contribution is 5.92. The molecule has 0 aliphatic carbocycles. The molecule has 2 N–H and O–H groups in total. The monoisotopic (exact) mass is 317 g/mol. The zero-order chi connectivity index (χ0) is 17.0. The minimum absolute atomic E-state index is 0.0129. The summed E-state index contributed by atoms with van der Waals surface area (Å²) < 4.78 is 1.78. The molecule has 0 aliphatic rings. The number of hydrogen-bond acceptors (Lipinski definition) is 3. The molecule has 0 fully saturated rings. The predicted octanol–water partition coefficient (Wildman–Crippen LogP) is 2.49. The summed E-state index contributed by atoms with van der Waals surface area (Å²) in [5, 5.41) is 14.7. The standard InChI is InChI=1S/C17H27N5O/c1-6-22-16(10-15(21-22)7-11(2)3)17(23)18-12(4)8-14-9-13(5)19-20-14/h9-12H,6-8H2,1-5H3,(H,18,23)(H,19,20). The van der Waals surface area contributed by atoms with Gasteiger partial charge >= 0.3 is 0 Å². The number of hydrogen-bond donors (Lipinski definition) is 2. The van der Waals surface area contributed by atoms with Gasteiger partial charge in [-0.3, -0.25) is 14.6 Å². The molecule has 126 valence electrons. The van der Waals surface area contributed by atoms with Crippen molar-refractivity contribution < 1.29 is 4.79 Å².